The fourth-order valence-electron chi connectivity index (χ4n) is 3.91. The minimum absolute atomic E-state index is 0.235. The van der Waals surface area contributed by atoms with Crippen molar-refractivity contribution >= 4 is 23.0 Å². The normalized spacial score (nSPS) is 14.1. The number of carbonyl (C=O) groups excluding carboxylic acids is 1. The molecule has 1 saturated heterocycles. The van der Waals surface area contributed by atoms with Crippen molar-refractivity contribution in [1.82, 2.24) is 25.0 Å². The van der Waals surface area contributed by atoms with E-state index in [-0.39, 0.29) is 11.9 Å². The van der Waals surface area contributed by atoms with Gasteiger partial charge >= 0.3 is 0 Å². The molecule has 0 radical (unpaired) electrons. The highest BCUT2D eigenvalue weighted by Crippen LogP contribution is 2.30. The number of morpholine rings is 1. The lowest BCUT2D eigenvalue weighted by molar-refractivity contribution is -0.129. The topological polar surface area (TPSA) is 115 Å². The number of fused-ring (bicyclic) bond motifs is 1. The molecule has 34 heavy (non-hydrogen) atoms. The fourth-order valence-corrected chi connectivity index (χ4v) is 3.91. The van der Waals surface area contributed by atoms with Gasteiger partial charge in [-0.05, 0) is 57.4 Å². The molecule has 2 N–H and O–H groups in total. The second-order valence-corrected chi connectivity index (χ2v) is 8.61. The molecule has 3 aromatic rings. The van der Waals surface area contributed by atoms with E-state index in [1.165, 1.54) is 0 Å². The number of benzene rings is 1. The molecule has 0 saturated carbocycles. The van der Waals surface area contributed by atoms with E-state index in [0.29, 0.717) is 38.6 Å². The van der Waals surface area contributed by atoms with E-state index in [0.717, 1.165) is 54.1 Å². The number of ether oxygens (including phenoxy) is 2. The minimum Gasteiger partial charge on any atom is -0.494 e. The molecule has 1 aliphatic heterocycles. The van der Waals surface area contributed by atoms with Crippen LogP contribution in [0.2, 0.25) is 0 Å². The number of hydrogen-bond donors (Lipinski definition) is 2. The van der Waals surface area contributed by atoms with Crippen molar-refractivity contribution in [3.8, 4) is 17.0 Å². The van der Waals surface area contributed by atoms with Gasteiger partial charge in [0.2, 0.25) is 11.9 Å². The summed E-state index contributed by atoms with van der Waals surface area (Å²) in [4.78, 5) is 27.6. The molecule has 0 bridgehead atoms. The van der Waals surface area contributed by atoms with Crippen molar-refractivity contribution in [2.24, 2.45) is 0 Å². The van der Waals surface area contributed by atoms with Gasteiger partial charge in [-0.1, -0.05) is 0 Å². The van der Waals surface area contributed by atoms with Crippen LogP contribution in [0.1, 0.15) is 45.6 Å². The SMILES string of the molecule is CC(C)n1cnc2c(-c3ccc(OCCCCCC(=O)NO)cc3)nc(N3CCOCC3)nc21. The van der Waals surface area contributed by atoms with Crippen molar-refractivity contribution in [3.63, 3.8) is 0 Å². The number of carbonyl (C=O) groups is 1. The smallest absolute Gasteiger partial charge is 0.243 e. The van der Waals surface area contributed by atoms with E-state index in [9.17, 15) is 4.79 Å². The molecular formula is C24H32N6O4. The Morgan fingerprint density at radius 1 is 1.15 bits per heavy atom. The molecule has 0 atom stereocenters. The van der Waals surface area contributed by atoms with Crippen LogP contribution in [0.15, 0.2) is 30.6 Å². The number of unbranched alkanes of at least 4 members (excludes halogenated alkanes) is 2. The zero-order chi connectivity index (χ0) is 23.9. The third-order valence-corrected chi connectivity index (χ3v) is 5.83. The zero-order valence-corrected chi connectivity index (χ0v) is 19.7. The van der Waals surface area contributed by atoms with Crippen molar-refractivity contribution < 1.29 is 19.5 Å². The van der Waals surface area contributed by atoms with Gasteiger partial charge in [-0.2, -0.15) is 4.98 Å². The third-order valence-electron chi connectivity index (χ3n) is 5.83. The van der Waals surface area contributed by atoms with E-state index in [2.05, 4.69) is 28.3 Å². The monoisotopic (exact) mass is 468 g/mol. The van der Waals surface area contributed by atoms with Crippen LogP contribution in [-0.2, 0) is 9.53 Å². The summed E-state index contributed by atoms with van der Waals surface area (Å²) in [6, 6.07) is 8.12. The molecule has 3 heterocycles. The number of hydroxylamine groups is 1. The van der Waals surface area contributed by atoms with Gasteiger partial charge in [0, 0.05) is 31.1 Å². The van der Waals surface area contributed by atoms with Crippen LogP contribution in [0.4, 0.5) is 5.95 Å². The Morgan fingerprint density at radius 3 is 2.62 bits per heavy atom. The lowest BCUT2D eigenvalue weighted by Crippen LogP contribution is -2.37. The summed E-state index contributed by atoms with van der Waals surface area (Å²) < 4.78 is 13.4. The molecule has 1 amide bonds. The largest absolute Gasteiger partial charge is 0.494 e. The summed E-state index contributed by atoms with van der Waals surface area (Å²) in [5, 5.41) is 8.51. The minimum atomic E-state index is -0.356. The van der Waals surface area contributed by atoms with Gasteiger partial charge in [0.05, 0.1) is 26.1 Å². The quantitative estimate of drug-likeness (QED) is 0.264. The molecule has 1 aliphatic rings. The molecule has 182 valence electrons. The Balaban J connectivity index is 1.49. The average Bonchev–Trinajstić information content (AvgIpc) is 3.31. The molecule has 10 nitrogen and oxygen atoms in total. The van der Waals surface area contributed by atoms with Gasteiger partial charge in [-0.25, -0.2) is 15.4 Å². The van der Waals surface area contributed by atoms with Crippen LogP contribution in [0, 0.1) is 0 Å². The first kappa shape index (κ1) is 23.9. The molecule has 0 spiro atoms. The maximum atomic E-state index is 11.0. The molecule has 10 heteroatoms. The van der Waals surface area contributed by atoms with Gasteiger partial charge in [0.25, 0.3) is 0 Å². The maximum absolute atomic E-state index is 11.0. The fraction of sp³-hybridized carbons (Fsp3) is 0.500. The predicted octanol–water partition coefficient (Wildman–Crippen LogP) is 3.36. The molecule has 2 aromatic heterocycles. The molecule has 0 aliphatic carbocycles. The Kier molecular flexibility index (Phi) is 7.91. The van der Waals surface area contributed by atoms with Gasteiger partial charge in [0.1, 0.15) is 17.0 Å². The Bertz CT molecular complexity index is 1090. The summed E-state index contributed by atoms with van der Waals surface area (Å²) in [6.07, 6.45) is 4.55. The summed E-state index contributed by atoms with van der Waals surface area (Å²) >= 11 is 0. The molecular weight excluding hydrogens is 436 g/mol. The zero-order valence-electron chi connectivity index (χ0n) is 19.7. The first-order valence-corrected chi connectivity index (χ1v) is 11.8. The first-order valence-electron chi connectivity index (χ1n) is 11.8. The second kappa shape index (κ2) is 11.3. The Labute approximate surface area is 198 Å². The number of imidazole rings is 1. The molecule has 1 fully saturated rings. The van der Waals surface area contributed by atoms with E-state index in [1.807, 2.05) is 30.6 Å². The summed E-state index contributed by atoms with van der Waals surface area (Å²) in [7, 11) is 0. The summed E-state index contributed by atoms with van der Waals surface area (Å²) in [5.74, 6) is 1.12. The van der Waals surface area contributed by atoms with Gasteiger partial charge < -0.3 is 18.9 Å². The van der Waals surface area contributed by atoms with Crippen LogP contribution < -0.4 is 15.1 Å². The number of anilines is 1. The number of hydrogen-bond acceptors (Lipinski definition) is 8. The highest BCUT2D eigenvalue weighted by atomic mass is 16.5. The van der Waals surface area contributed by atoms with E-state index >= 15 is 0 Å². The van der Waals surface area contributed by atoms with Crippen molar-refractivity contribution in [1.29, 1.82) is 0 Å². The average molecular weight is 469 g/mol. The van der Waals surface area contributed by atoms with Crippen LogP contribution >= 0.6 is 0 Å². The lowest BCUT2D eigenvalue weighted by Gasteiger charge is -2.27. The Hall–Kier alpha value is -3.24. The highest BCUT2D eigenvalue weighted by Gasteiger charge is 2.20. The number of nitrogens with one attached hydrogen (secondary N) is 1. The van der Waals surface area contributed by atoms with Crippen molar-refractivity contribution in [3.05, 3.63) is 30.6 Å². The standard InChI is InChI=1S/C24H32N6O4/c1-17(2)30-16-25-22-21(26-24(27-23(22)30)29-11-14-33-15-12-29)18-7-9-19(10-8-18)34-13-5-3-4-6-20(31)28-32/h7-10,16-17,32H,3-6,11-15H2,1-2H3,(H,28,31). The van der Waals surface area contributed by atoms with Crippen molar-refractivity contribution in [2.75, 3.05) is 37.8 Å². The number of nitrogens with zero attached hydrogens (tertiary/aromatic N) is 5. The number of rotatable bonds is 10. The van der Waals surface area contributed by atoms with E-state index < -0.39 is 0 Å². The molecule has 0 unspecified atom stereocenters. The van der Waals surface area contributed by atoms with Crippen molar-refractivity contribution in [2.45, 2.75) is 45.6 Å². The maximum Gasteiger partial charge on any atom is 0.243 e. The number of aromatic nitrogens is 4. The van der Waals surface area contributed by atoms with Crippen LogP contribution in [0.25, 0.3) is 22.4 Å². The third kappa shape index (κ3) is 5.63. The second-order valence-electron chi connectivity index (χ2n) is 8.61. The van der Waals surface area contributed by atoms with Gasteiger partial charge in [-0.3, -0.25) is 10.0 Å². The molecule has 4 rings (SSSR count). The number of amides is 1. The van der Waals surface area contributed by atoms with Gasteiger partial charge in [0.15, 0.2) is 5.65 Å². The van der Waals surface area contributed by atoms with Crippen LogP contribution in [0.3, 0.4) is 0 Å². The van der Waals surface area contributed by atoms with E-state index in [1.54, 1.807) is 5.48 Å². The predicted molar refractivity (Wildman–Crippen MR) is 128 cm³/mol. The van der Waals surface area contributed by atoms with E-state index in [4.69, 9.17) is 24.6 Å². The van der Waals surface area contributed by atoms with Crippen LogP contribution in [0.5, 0.6) is 5.75 Å². The summed E-state index contributed by atoms with van der Waals surface area (Å²) in [6.45, 7) is 7.66. The molecule has 1 aromatic carbocycles. The Morgan fingerprint density at radius 2 is 1.91 bits per heavy atom. The lowest BCUT2D eigenvalue weighted by atomic mass is 10.1. The summed E-state index contributed by atoms with van der Waals surface area (Å²) in [5.41, 5.74) is 5.02. The first-order chi connectivity index (χ1) is 16.6. The van der Waals surface area contributed by atoms with Crippen LogP contribution in [-0.4, -0.2) is 63.5 Å². The highest BCUT2D eigenvalue weighted by molar-refractivity contribution is 5.88. The van der Waals surface area contributed by atoms with Gasteiger partial charge in [-0.15, -0.1) is 0 Å².